The maximum Gasteiger partial charge on any atom is 0.240 e. The molecule has 20 heavy (non-hydrogen) atoms. The van der Waals surface area contributed by atoms with Crippen LogP contribution >= 0.6 is 0 Å². The zero-order valence-corrected chi connectivity index (χ0v) is 12.7. The van der Waals surface area contributed by atoms with E-state index in [1.165, 1.54) is 37.6 Å². The second-order valence-corrected chi connectivity index (χ2v) is 7.33. The van der Waals surface area contributed by atoms with Gasteiger partial charge in [-0.2, -0.15) is 0 Å². The summed E-state index contributed by atoms with van der Waals surface area (Å²) in [7, 11) is -3.47. The number of rotatable bonds is 5. The van der Waals surface area contributed by atoms with Crippen LogP contribution in [0, 0.1) is 11.8 Å². The molecular weight excluding hydrogens is 274 g/mol. The van der Waals surface area contributed by atoms with E-state index in [0.717, 1.165) is 18.8 Å². The molecule has 1 heterocycles. The molecular formula is C14H23N3O2S. The van der Waals surface area contributed by atoms with Crippen LogP contribution in [0.2, 0.25) is 0 Å². The number of sulfonamides is 1. The molecule has 0 saturated heterocycles. The Hall–Kier alpha value is -1.14. The minimum absolute atomic E-state index is 0.187. The number of nitrogens with zero attached hydrogens (tertiary/aromatic N) is 1. The van der Waals surface area contributed by atoms with Crippen molar-refractivity contribution in [3.05, 3.63) is 18.3 Å². The fraction of sp³-hybridized carbons (Fsp3) is 0.643. The van der Waals surface area contributed by atoms with Crippen LogP contribution in [0.25, 0.3) is 0 Å². The Kier molecular flexibility index (Phi) is 4.99. The van der Waals surface area contributed by atoms with Gasteiger partial charge in [-0.25, -0.2) is 18.1 Å². The lowest BCUT2D eigenvalue weighted by Gasteiger charge is -2.27. The lowest BCUT2D eigenvalue weighted by Crippen LogP contribution is -2.31. The van der Waals surface area contributed by atoms with Gasteiger partial charge in [0.15, 0.2) is 0 Å². The number of nitrogens with two attached hydrogens (primary N) is 1. The summed E-state index contributed by atoms with van der Waals surface area (Å²) in [5, 5.41) is 0. The third-order valence-electron chi connectivity index (χ3n) is 4.17. The molecule has 3 N–H and O–H groups in total. The molecule has 1 fully saturated rings. The summed E-state index contributed by atoms with van der Waals surface area (Å²) in [6.45, 7) is 2.74. The molecule has 0 radical (unpaired) electrons. The van der Waals surface area contributed by atoms with E-state index in [1.54, 1.807) is 0 Å². The first-order valence-electron chi connectivity index (χ1n) is 7.22. The minimum Gasteiger partial charge on any atom is -0.384 e. The van der Waals surface area contributed by atoms with Gasteiger partial charge in [0, 0.05) is 18.8 Å². The van der Waals surface area contributed by atoms with Crippen molar-refractivity contribution < 1.29 is 8.42 Å². The molecule has 1 aromatic heterocycles. The summed E-state index contributed by atoms with van der Waals surface area (Å²) in [5.74, 6) is 1.49. The van der Waals surface area contributed by atoms with Crippen molar-refractivity contribution in [1.82, 2.24) is 9.71 Å². The summed E-state index contributed by atoms with van der Waals surface area (Å²) >= 11 is 0. The lowest BCUT2D eigenvalue weighted by atomic mass is 9.81. The third kappa shape index (κ3) is 3.93. The van der Waals surface area contributed by atoms with Gasteiger partial charge >= 0.3 is 0 Å². The highest BCUT2D eigenvalue weighted by molar-refractivity contribution is 7.89. The van der Waals surface area contributed by atoms with Gasteiger partial charge in [0.05, 0.1) is 4.90 Å². The molecule has 0 aliphatic heterocycles. The lowest BCUT2D eigenvalue weighted by molar-refractivity contribution is 0.270. The van der Waals surface area contributed by atoms with Gasteiger partial charge in [-0.05, 0) is 30.7 Å². The summed E-state index contributed by atoms with van der Waals surface area (Å²) in [6, 6.07) is 2.85. The Labute approximate surface area is 121 Å². The van der Waals surface area contributed by atoms with E-state index < -0.39 is 10.0 Å². The average molecular weight is 297 g/mol. The second-order valence-electron chi connectivity index (χ2n) is 5.56. The predicted octanol–water partition coefficient (Wildman–Crippen LogP) is 2.16. The molecule has 1 saturated carbocycles. The summed E-state index contributed by atoms with van der Waals surface area (Å²) in [4.78, 5) is 3.99. The molecule has 112 valence electrons. The Morgan fingerprint density at radius 2 is 1.95 bits per heavy atom. The van der Waals surface area contributed by atoms with E-state index in [9.17, 15) is 8.42 Å². The molecule has 1 aliphatic rings. The van der Waals surface area contributed by atoms with Gasteiger partial charge in [0.25, 0.3) is 0 Å². The molecule has 0 unspecified atom stereocenters. The number of nitrogens with one attached hydrogen (secondary N) is 1. The van der Waals surface area contributed by atoms with Crippen molar-refractivity contribution in [3.63, 3.8) is 0 Å². The highest BCUT2D eigenvalue weighted by Gasteiger charge is 2.22. The summed E-state index contributed by atoms with van der Waals surface area (Å²) < 4.78 is 27.0. The van der Waals surface area contributed by atoms with Crippen LogP contribution in [0.15, 0.2) is 23.2 Å². The number of nitrogen functional groups attached to an aromatic ring is 1. The highest BCUT2D eigenvalue weighted by Crippen LogP contribution is 2.30. The molecule has 2 rings (SSSR count). The van der Waals surface area contributed by atoms with E-state index in [1.807, 2.05) is 0 Å². The quantitative estimate of drug-likeness (QED) is 0.872. The Balaban J connectivity index is 1.90. The van der Waals surface area contributed by atoms with Gasteiger partial charge in [0.1, 0.15) is 5.82 Å². The van der Waals surface area contributed by atoms with Crippen LogP contribution in [0.5, 0.6) is 0 Å². The molecule has 0 atom stereocenters. The van der Waals surface area contributed by atoms with Gasteiger partial charge in [-0.1, -0.05) is 26.2 Å². The molecule has 0 bridgehead atoms. The Morgan fingerprint density at radius 1 is 1.30 bits per heavy atom. The number of hydrogen-bond donors (Lipinski definition) is 2. The van der Waals surface area contributed by atoms with Gasteiger partial charge in [-0.15, -0.1) is 0 Å². The van der Waals surface area contributed by atoms with Gasteiger partial charge in [0.2, 0.25) is 10.0 Å². The van der Waals surface area contributed by atoms with Crippen molar-refractivity contribution in [2.75, 3.05) is 12.3 Å². The van der Waals surface area contributed by atoms with E-state index in [4.69, 9.17) is 5.73 Å². The second kappa shape index (κ2) is 6.54. The standard InChI is InChI=1S/C14H23N3O2S/c1-2-11-3-5-12(6-4-11)10-17-20(18,19)13-7-8-16-14(15)9-13/h7-9,11-12,17H,2-6,10H2,1H3,(H2,15,16). The van der Waals surface area contributed by atoms with Crippen LogP contribution in [0.1, 0.15) is 39.0 Å². The van der Waals surface area contributed by atoms with E-state index >= 15 is 0 Å². The zero-order valence-electron chi connectivity index (χ0n) is 11.9. The van der Waals surface area contributed by atoms with E-state index in [2.05, 4.69) is 16.6 Å². The van der Waals surface area contributed by atoms with Gasteiger partial charge < -0.3 is 5.73 Å². The average Bonchev–Trinajstić information content (AvgIpc) is 2.46. The molecule has 1 aliphatic carbocycles. The molecule has 6 heteroatoms. The number of hydrogen-bond acceptors (Lipinski definition) is 4. The Morgan fingerprint density at radius 3 is 2.55 bits per heavy atom. The summed E-state index contributed by atoms with van der Waals surface area (Å²) in [5.41, 5.74) is 5.52. The normalized spacial score (nSPS) is 23.6. The van der Waals surface area contributed by atoms with Crippen molar-refractivity contribution in [2.24, 2.45) is 11.8 Å². The minimum atomic E-state index is -3.47. The first-order valence-corrected chi connectivity index (χ1v) is 8.70. The van der Waals surface area contributed by atoms with Crippen LogP contribution < -0.4 is 10.5 Å². The largest absolute Gasteiger partial charge is 0.384 e. The smallest absolute Gasteiger partial charge is 0.240 e. The highest BCUT2D eigenvalue weighted by atomic mass is 32.2. The van der Waals surface area contributed by atoms with E-state index in [-0.39, 0.29) is 10.7 Å². The predicted molar refractivity (Wildman–Crippen MR) is 79.6 cm³/mol. The maximum absolute atomic E-state index is 12.2. The molecule has 0 aromatic carbocycles. The molecule has 0 spiro atoms. The topological polar surface area (TPSA) is 85.1 Å². The fourth-order valence-electron chi connectivity index (χ4n) is 2.75. The molecule has 0 amide bonds. The maximum atomic E-state index is 12.2. The van der Waals surface area contributed by atoms with E-state index in [0.29, 0.717) is 12.5 Å². The number of pyridine rings is 1. The van der Waals surface area contributed by atoms with Crippen LogP contribution in [0.4, 0.5) is 5.82 Å². The SMILES string of the molecule is CCC1CCC(CNS(=O)(=O)c2ccnc(N)c2)CC1. The number of aromatic nitrogens is 1. The zero-order chi connectivity index (χ0) is 14.6. The van der Waals surface area contributed by atoms with Crippen molar-refractivity contribution >= 4 is 15.8 Å². The van der Waals surface area contributed by atoms with Crippen LogP contribution in [0.3, 0.4) is 0 Å². The molecule has 5 nitrogen and oxygen atoms in total. The van der Waals surface area contributed by atoms with Crippen molar-refractivity contribution in [1.29, 1.82) is 0 Å². The fourth-order valence-corrected chi connectivity index (χ4v) is 3.89. The van der Waals surface area contributed by atoms with Crippen LogP contribution in [-0.4, -0.2) is 19.9 Å². The number of anilines is 1. The molecule has 1 aromatic rings. The van der Waals surface area contributed by atoms with Crippen molar-refractivity contribution in [2.45, 2.75) is 43.9 Å². The Bertz CT molecular complexity index is 537. The van der Waals surface area contributed by atoms with Crippen molar-refractivity contribution in [3.8, 4) is 0 Å². The monoisotopic (exact) mass is 297 g/mol. The summed E-state index contributed by atoms with van der Waals surface area (Å²) in [6.07, 6.45) is 7.29. The van der Waals surface area contributed by atoms with Crippen LogP contribution in [-0.2, 0) is 10.0 Å². The third-order valence-corrected chi connectivity index (χ3v) is 5.59. The first kappa shape index (κ1) is 15.3. The first-order chi connectivity index (χ1) is 9.51. The van der Waals surface area contributed by atoms with Gasteiger partial charge in [-0.3, -0.25) is 0 Å².